The molecule has 1 N–H and O–H groups in total. The Morgan fingerprint density at radius 1 is 1.13 bits per heavy atom. The normalized spacial score (nSPS) is 20.4. The number of hydrogen-bond donors (Lipinski definition) is 1. The van der Waals surface area contributed by atoms with Crippen molar-refractivity contribution >= 4 is 23.6 Å². The van der Waals surface area contributed by atoms with Crippen LogP contribution in [0.4, 0.5) is 5.69 Å². The van der Waals surface area contributed by atoms with Crippen LogP contribution in [0.25, 0.3) is 6.08 Å². The number of carbonyl (C=O) groups is 2. The summed E-state index contributed by atoms with van der Waals surface area (Å²) in [6.45, 7) is 8.53. The lowest BCUT2D eigenvalue weighted by Gasteiger charge is -2.34. The molecule has 5 heteroatoms. The molecular weight excluding hydrogens is 388 g/mol. The van der Waals surface area contributed by atoms with E-state index in [-0.39, 0.29) is 23.8 Å². The second kappa shape index (κ2) is 8.58. The molecule has 162 valence electrons. The van der Waals surface area contributed by atoms with Crippen LogP contribution in [0.15, 0.2) is 36.9 Å². The molecule has 0 radical (unpaired) electrons. The van der Waals surface area contributed by atoms with Crippen molar-refractivity contribution in [3.05, 3.63) is 64.7 Å². The maximum Gasteiger partial charge on any atom is 0.254 e. The van der Waals surface area contributed by atoms with E-state index >= 15 is 0 Å². The third-order valence-electron chi connectivity index (χ3n) is 6.73. The number of fused-ring (bicyclic) bond motifs is 1. The average molecular weight is 419 g/mol. The van der Waals surface area contributed by atoms with E-state index in [1.807, 2.05) is 36.1 Å². The molecule has 0 spiro atoms. The highest BCUT2D eigenvalue weighted by Crippen LogP contribution is 2.35. The number of hydrogen-bond acceptors (Lipinski definition) is 3. The van der Waals surface area contributed by atoms with Crippen molar-refractivity contribution in [2.45, 2.75) is 52.1 Å². The van der Waals surface area contributed by atoms with Crippen LogP contribution in [0, 0.1) is 19.8 Å². The molecule has 1 fully saturated rings. The van der Waals surface area contributed by atoms with E-state index in [2.05, 4.69) is 24.9 Å². The number of rotatable bonds is 5. The van der Waals surface area contributed by atoms with Crippen LogP contribution >= 0.6 is 0 Å². The number of carbonyl (C=O) groups excluding carboxylic acids is 2. The monoisotopic (exact) mass is 418 g/mol. The number of anilines is 1. The topological polar surface area (TPSA) is 58.6 Å². The van der Waals surface area contributed by atoms with Crippen molar-refractivity contribution in [2.24, 2.45) is 5.92 Å². The Morgan fingerprint density at radius 3 is 2.55 bits per heavy atom. The maximum atomic E-state index is 13.1. The first-order valence-electron chi connectivity index (χ1n) is 10.9. The molecule has 0 saturated heterocycles. The van der Waals surface area contributed by atoms with Crippen LogP contribution in [-0.2, 0) is 11.3 Å². The highest BCUT2D eigenvalue weighted by molar-refractivity contribution is 5.99. The SMILES string of the molecule is C=Cc1cc(C)c2c(c1)C(=O)N(C1CCC(C(=O)Nc3ccc(C)c(OC)c3)CC1)C2. The van der Waals surface area contributed by atoms with Gasteiger partial charge in [-0.25, -0.2) is 0 Å². The highest BCUT2D eigenvalue weighted by Gasteiger charge is 2.37. The summed E-state index contributed by atoms with van der Waals surface area (Å²) in [4.78, 5) is 27.9. The molecule has 1 aliphatic carbocycles. The molecule has 2 aliphatic rings. The summed E-state index contributed by atoms with van der Waals surface area (Å²) in [6.07, 6.45) is 5.06. The standard InChI is InChI=1S/C26H30N2O3/c1-5-18-12-17(3)23-15-28(26(30)22(23)13-18)21-10-7-19(8-11-21)25(29)27-20-9-6-16(2)24(14-20)31-4/h5-6,9,12-14,19,21H,1,7-8,10-11,15H2,2-4H3,(H,27,29). The van der Waals surface area contributed by atoms with Crippen molar-refractivity contribution in [1.29, 1.82) is 0 Å². The second-order valence-electron chi connectivity index (χ2n) is 8.68. The summed E-state index contributed by atoms with van der Waals surface area (Å²) >= 11 is 0. The van der Waals surface area contributed by atoms with Gasteiger partial charge in [0.05, 0.1) is 7.11 Å². The van der Waals surface area contributed by atoms with Crippen LogP contribution in [-0.4, -0.2) is 29.9 Å². The molecule has 0 aromatic heterocycles. The first-order chi connectivity index (χ1) is 14.9. The predicted molar refractivity (Wildman–Crippen MR) is 123 cm³/mol. The Balaban J connectivity index is 1.38. The Kier molecular flexibility index (Phi) is 5.86. The average Bonchev–Trinajstić information content (AvgIpc) is 3.12. The number of ether oxygens (including phenoxy) is 1. The summed E-state index contributed by atoms with van der Waals surface area (Å²) < 4.78 is 5.35. The van der Waals surface area contributed by atoms with Gasteiger partial charge in [-0.05, 0) is 73.9 Å². The van der Waals surface area contributed by atoms with E-state index in [0.29, 0.717) is 6.54 Å². The lowest BCUT2D eigenvalue weighted by molar-refractivity contribution is -0.121. The van der Waals surface area contributed by atoms with E-state index in [1.54, 1.807) is 13.2 Å². The van der Waals surface area contributed by atoms with Crippen molar-refractivity contribution in [3.63, 3.8) is 0 Å². The number of amides is 2. The van der Waals surface area contributed by atoms with Gasteiger partial charge < -0.3 is 15.0 Å². The minimum atomic E-state index is -0.0299. The number of aryl methyl sites for hydroxylation is 2. The Morgan fingerprint density at radius 2 is 1.87 bits per heavy atom. The van der Waals surface area contributed by atoms with E-state index < -0.39 is 0 Å². The minimum Gasteiger partial charge on any atom is -0.496 e. The fourth-order valence-corrected chi connectivity index (χ4v) is 4.85. The summed E-state index contributed by atoms with van der Waals surface area (Å²) in [6, 6.07) is 9.94. The second-order valence-corrected chi connectivity index (χ2v) is 8.68. The van der Waals surface area contributed by atoms with Gasteiger partial charge in [0.1, 0.15) is 5.75 Å². The Labute approximate surface area is 184 Å². The molecule has 1 heterocycles. The van der Waals surface area contributed by atoms with Crippen molar-refractivity contribution < 1.29 is 14.3 Å². The van der Waals surface area contributed by atoms with Gasteiger partial charge in [0.15, 0.2) is 0 Å². The molecule has 5 nitrogen and oxygen atoms in total. The zero-order valence-electron chi connectivity index (χ0n) is 18.5. The van der Waals surface area contributed by atoms with Crippen molar-refractivity contribution in [2.75, 3.05) is 12.4 Å². The number of methoxy groups -OCH3 is 1. The Hall–Kier alpha value is -3.08. The molecule has 2 aromatic carbocycles. The molecule has 0 unspecified atom stereocenters. The molecule has 4 rings (SSSR count). The first-order valence-corrected chi connectivity index (χ1v) is 10.9. The third-order valence-corrected chi connectivity index (χ3v) is 6.73. The van der Waals surface area contributed by atoms with Gasteiger partial charge in [0.25, 0.3) is 5.91 Å². The van der Waals surface area contributed by atoms with Gasteiger partial charge in [-0.15, -0.1) is 0 Å². The fourth-order valence-electron chi connectivity index (χ4n) is 4.85. The molecular formula is C26H30N2O3. The van der Waals surface area contributed by atoms with Crippen LogP contribution in [0.2, 0.25) is 0 Å². The molecule has 31 heavy (non-hydrogen) atoms. The number of benzene rings is 2. The fraction of sp³-hybridized carbons (Fsp3) is 0.385. The molecule has 2 amide bonds. The summed E-state index contributed by atoms with van der Waals surface area (Å²) in [5.74, 6) is 0.898. The molecule has 1 saturated carbocycles. The number of nitrogens with one attached hydrogen (secondary N) is 1. The Bertz CT molecular complexity index is 1040. The van der Waals surface area contributed by atoms with E-state index in [9.17, 15) is 9.59 Å². The van der Waals surface area contributed by atoms with Gasteiger partial charge in [0, 0.05) is 35.8 Å². The minimum absolute atomic E-state index is 0.0299. The molecule has 1 aliphatic heterocycles. The highest BCUT2D eigenvalue weighted by atomic mass is 16.5. The lowest BCUT2D eigenvalue weighted by atomic mass is 9.84. The van der Waals surface area contributed by atoms with Crippen LogP contribution in [0.3, 0.4) is 0 Å². The van der Waals surface area contributed by atoms with E-state index in [1.165, 1.54) is 0 Å². The number of nitrogens with zero attached hydrogens (tertiary/aromatic N) is 1. The summed E-state index contributed by atoms with van der Waals surface area (Å²) in [7, 11) is 1.63. The molecule has 2 aromatic rings. The zero-order chi connectivity index (χ0) is 22.1. The van der Waals surface area contributed by atoms with Crippen LogP contribution in [0.1, 0.15) is 58.3 Å². The van der Waals surface area contributed by atoms with Gasteiger partial charge in [-0.3, -0.25) is 9.59 Å². The summed E-state index contributed by atoms with van der Waals surface area (Å²) in [5, 5.41) is 3.03. The summed E-state index contributed by atoms with van der Waals surface area (Å²) in [5.41, 5.74) is 5.86. The third kappa shape index (κ3) is 4.09. The van der Waals surface area contributed by atoms with Gasteiger partial charge >= 0.3 is 0 Å². The van der Waals surface area contributed by atoms with Gasteiger partial charge in [0.2, 0.25) is 5.91 Å². The van der Waals surface area contributed by atoms with Crippen LogP contribution in [0.5, 0.6) is 5.75 Å². The predicted octanol–water partition coefficient (Wildman–Crippen LogP) is 5.11. The van der Waals surface area contributed by atoms with Crippen LogP contribution < -0.4 is 10.1 Å². The lowest BCUT2D eigenvalue weighted by Crippen LogP contribution is -2.40. The smallest absolute Gasteiger partial charge is 0.254 e. The van der Waals surface area contributed by atoms with Crippen molar-refractivity contribution in [3.8, 4) is 5.75 Å². The zero-order valence-corrected chi connectivity index (χ0v) is 18.5. The van der Waals surface area contributed by atoms with E-state index in [0.717, 1.165) is 64.9 Å². The first kappa shape index (κ1) is 21.2. The van der Waals surface area contributed by atoms with Gasteiger partial charge in [-0.2, -0.15) is 0 Å². The van der Waals surface area contributed by atoms with Gasteiger partial charge in [-0.1, -0.05) is 24.8 Å². The van der Waals surface area contributed by atoms with Crippen molar-refractivity contribution in [1.82, 2.24) is 4.90 Å². The quantitative estimate of drug-likeness (QED) is 0.734. The molecule has 0 bridgehead atoms. The molecule has 0 atom stereocenters. The maximum absolute atomic E-state index is 13.1. The largest absolute Gasteiger partial charge is 0.496 e. The van der Waals surface area contributed by atoms with E-state index in [4.69, 9.17) is 4.74 Å².